The fourth-order valence-corrected chi connectivity index (χ4v) is 3.71. The van der Waals surface area contributed by atoms with Gasteiger partial charge in [0.25, 0.3) is 0 Å². The molecule has 0 aliphatic carbocycles. The van der Waals surface area contributed by atoms with Gasteiger partial charge in [-0.1, -0.05) is 45.0 Å². The molecular formula is C17H23NS. The minimum atomic E-state index is 0.477. The monoisotopic (exact) mass is 273 g/mol. The number of thiophene rings is 1. The fraction of sp³-hybridized carbons (Fsp3) is 0.412. The maximum Gasteiger partial charge on any atom is 0.0409 e. The Labute approximate surface area is 120 Å². The molecule has 2 aromatic rings. The van der Waals surface area contributed by atoms with Gasteiger partial charge >= 0.3 is 0 Å². The van der Waals surface area contributed by atoms with Crippen molar-refractivity contribution < 1.29 is 0 Å². The minimum absolute atomic E-state index is 0.477. The molecular weight excluding hydrogens is 250 g/mol. The number of benzene rings is 1. The molecule has 0 spiro atoms. The van der Waals surface area contributed by atoms with Crippen LogP contribution >= 0.6 is 11.3 Å². The van der Waals surface area contributed by atoms with E-state index in [1.165, 1.54) is 20.9 Å². The van der Waals surface area contributed by atoms with Crippen LogP contribution in [0.1, 0.15) is 49.6 Å². The number of hydrogen-bond acceptors (Lipinski definition) is 2. The molecule has 1 atom stereocenters. The van der Waals surface area contributed by atoms with E-state index in [0.717, 1.165) is 6.42 Å². The summed E-state index contributed by atoms with van der Waals surface area (Å²) in [7, 11) is 2.04. The maximum absolute atomic E-state index is 3.38. The van der Waals surface area contributed by atoms with Crippen molar-refractivity contribution in [3.05, 3.63) is 46.8 Å². The molecule has 1 aromatic heterocycles. The summed E-state index contributed by atoms with van der Waals surface area (Å²) < 4.78 is 0. The van der Waals surface area contributed by atoms with Gasteiger partial charge in [0.05, 0.1) is 0 Å². The van der Waals surface area contributed by atoms with E-state index in [-0.39, 0.29) is 0 Å². The molecule has 102 valence electrons. The average Bonchev–Trinajstić information content (AvgIpc) is 2.89. The number of rotatable bonds is 5. The SMILES string of the molecule is CCC(NC)c1ccc(-c2ccccc2C(C)C)s1. The van der Waals surface area contributed by atoms with Crippen molar-refractivity contribution in [1.82, 2.24) is 5.32 Å². The molecule has 1 N–H and O–H groups in total. The van der Waals surface area contributed by atoms with Crippen molar-refractivity contribution in [2.45, 2.75) is 39.2 Å². The summed E-state index contributed by atoms with van der Waals surface area (Å²) in [5, 5.41) is 3.38. The first kappa shape index (κ1) is 14.3. The number of nitrogens with one attached hydrogen (secondary N) is 1. The Bertz CT molecular complexity index is 524. The summed E-state index contributed by atoms with van der Waals surface area (Å²) in [5.74, 6) is 0.563. The molecule has 1 heterocycles. The molecule has 0 saturated heterocycles. The Hall–Kier alpha value is -1.12. The lowest BCUT2D eigenvalue weighted by Crippen LogP contribution is -2.13. The lowest BCUT2D eigenvalue weighted by Gasteiger charge is -2.12. The first-order valence-corrected chi connectivity index (χ1v) is 7.85. The van der Waals surface area contributed by atoms with E-state index >= 15 is 0 Å². The van der Waals surface area contributed by atoms with Gasteiger partial charge in [-0.15, -0.1) is 11.3 Å². The molecule has 1 nitrogen and oxygen atoms in total. The zero-order valence-corrected chi connectivity index (χ0v) is 13.1. The standard InChI is InChI=1S/C17H23NS/c1-5-15(18-4)17-11-10-16(19-17)14-9-7-6-8-13(14)12(2)3/h6-12,15,18H,5H2,1-4H3. The third-order valence-corrected chi connectivity index (χ3v) is 4.81. The summed E-state index contributed by atoms with van der Waals surface area (Å²) in [6, 6.07) is 13.8. The quantitative estimate of drug-likeness (QED) is 0.788. The Balaban J connectivity index is 2.38. The average molecular weight is 273 g/mol. The van der Waals surface area contributed by atoms with Crippen molar-refractivity contribution >= 4 is 11.3 Å². The fourth-order valence-electron chi connectivity index (χ4n) is 2.46. The maximum atomic E-state index is 3.38. The van der Waals surface area contributed by atoms with Gasteiger partial charge in [-0.2, -0.15) is 0 Å². The number of hydrogen-bond donors (Lipinski definition) is 1. The molecule has 1 unspecified atom stereocenters. The van der Waals surface area contributed by atoms with Crippen LogP contribution in [0, 0.1) is 0 Å². The molecule has 19 heavy (non-hydrogen) atoms. The van der Waals surface area contributed by atoms with Crippen molar-refractivity contribution in [3.63, 3.8) is 0 Å². The van der Waals surface area contributed by atoms with E-state index in [1.807, 2.05) is 18.4 Å². The molecule has 0 aliphatic rings. The Morgan fingerprint density at radius 3 is 2.47 bits per heavy atom. The van der Waals surface area contributed by atoms with E-state index < -0.39 is 0 Å². The molecule has 2 rings (SSSR count). The molecule has 0 amide bonds. The van der Waals surface area contributed by atoms with Crippen molar-refractivity contribution in [3.8, 4) is 10.4 Å². The van der Waals surface area contributed by atoms with Gasteiger partial charge < -0.3 is 5.32 Å². The third kappa shape index (κ3) is 3.07. The molecule has 0 bridgehead atoms. The molecule has 0 saturated carbocycles. The lowest BCUT2D eigenvalue weighted by molar-refractivity contribution is 0.586. The Kier molecular flexibility index (Phi) is 4.78. The van der Waals surface area contributed by atoms with Crippen LogP contribution in [0.3, 0.4) is 0 Å². The molecule has 1 aromatic carbocycles. The van der Waals surface area contributed by atoms with Gasteiger partial charge in [0.2, 0.25) is 0 Å². The largest absolute Gasteiger partial charge is 0.312 e. The van der Waals surface area contributed by atoms with Crippen LogP contribution in [0.2, 0.25) is 0 Å². The first-order valence-electron chi connectivity index (χ1n) is 7.03. The first-order chi connectivity index (χ1) is 9.17. The van der Waals surface area contributed by atoms with E-state index in [4.69, 9.17) is 0 Å². The molecule has 2 heteroatoms. The van der Waals surface area contributed by atoms with Crippen LogP contribution in [-0.4, -0.2) is 7.05 Å². The topological polar surface area (TPSA) is 12.0 Å². The summed E-state index contributed by atoms with van der Waals surface area (Å²) in [5.41, 5.74) is 2.83. The van der Waals surface area contributed by atoms with Gasteiger partial charge in [-0.25, -0.2) is 0 Å². The summed E-state index contributed by atoms with van der Waals surface area (Å²) in [4.78, 5) is 2.81. The van der Waals surface area contributed by atoms with Crippen molar-refractivity contribution in [1.29, 1.82) is 0 Å². The lowest BCUT2D eigenvalue weighted by atomic mass is 9.96. The highest BCUT2D eigenvalue weighted by Crippen LogP contribution is 2.36. The van der Waals surface area contributed by atoms with Crippen LogP contribution in [0.5, 0.6) is 0 Å². The summed E-state index contributed by atoms with van der Waals surface area (Å²) in [6.07, 6.45) is 1.13. The third-order valence-electron chi connectivity index (χ3n) is 3.58. The van der Waals surface area contributed by atoms with Crippen LogP contribution < -0.4 is 5.32 Å². The molecule has 0 aliphatic heterocycles. The van der Waals surface area contributed by atoms with Crippen molar-refractivity contribution in [2.24, 2.45) is 0 Å². The highest BCUT2D eigenvalue weighted by molar-refractivity contribution is 7.15. The molecule has 0 radical (unpaired) electrons. The highest BCUT2D eigenvalue weighted by atomic mass is 32.1. The van der Waals surface area contributed by atoms with Crippen LogP contribution in [0.15, 0.2) is 36.4 Å². The second-order valence-corrected chi connectivity index (χ2v) is 6.31. The van der Waals surface area contributed by atoms with Gasteiger partial charge in [-0.05, 0) is 42.6 Å². The molecule has 0 fully saturated rings. The van der Waals surface area contributed by atoms with Gasteiger partial charge in [0, 0.05) is 15.8 Å². The van der Waals surface area contributed by atoms with Gasteiger partial charge in [-0.3, -0.25) is 0 Å². The second kappa shape index (κ2) is 6.36. The Morgan fingerprint density at radius 2 is 1.84 bits per heavy atom. The van der Waals surface area contributed by atoms with Crippen LogP contribution in [0.4, 0.5) is 0 Å². The Morgan fingerprint density at radius 1 is 1.11 bits per heavy atom. The minimum Gasteiger partial charge on any atom is -0.312 e. The normalized spacial score (nSPS) is 12.9. The van der Waals surface area contributed by atoms with Crippen molar-refractivity contribution in [2.75, 3.05) is 7.05 Å². The van der Waals surface area contributed by atoms with E-state index in [9.17, 15) is 0 Å². The van der Waals surface area contributed by atoms with Gasteiger partial charge in [0.15, 0.2) is 0 Å². The van der Waals surface area contributed by atoms with Gasteiger partial charge in [0.1, 0.15) is 0 Å². The smallest absolute Gasteiger partial charge is 0.0409 e. The zero-order chi connectivity index (χ0) is 13.8. The van der Waals surface area contributed by atoms with Crippen LogP contribution in [-0.2, 0) is 0 Å². The van der Waals surface area contributed by atoms with E-state index in [1.54, 1.807) is 0 Å². The van der Waals surface area contributed by atoms with E-state index in [2.05, 4.69) is 62.5 Å². The van der Waals surface area contributed by atoms with E-state index in [0.29, 0.717) is 12.0 Å². The zero-order valence-electron chi connectivity index (χ0n) is 12.2. The summed E-state index contributed by atoms with van der Waals surface area (Å²) >= 11 is 1.91. The highest BCUT2D eigenvalue weighted by Gasteiger charge is 2.13. The van der Waals surface area contributed by atoms with Crippen LogP contribution in [0.25, 0.3) is 10.4 Å². The summed E-state index contributed by atoms with van der Waals surface area (Å²) in [6.45, 7) is 6.74. The predicted octanol–water partition coefficient (Wildman–Crippen LogP) is 5.21. The second-order valence-electron chi connectivity index (χ2n) is 5.19. The predicted molar refractivity (Wildman–Crippen MR) is 85.9 cm³/mol.